The highest BCUT2D eigenvalue weighted by Gasteiger charge is 2.27. The van der Waals surface area contributed by atoms with E-state index in [0.29, 0.717) is 16.9 Å². The minimum absolute atomic E-state index is 0.447. The summed E-state index contributed by atoms with van der Waals surface area (Å²) in [6.07, 6.45) is -0.669. The molecular formula is C13H19FO2. The Morgan fingerprint density at radius 2 is 1.94 bits per heavy atom. The van der Waals surface area contributed by atoms with Crippen LogP contribution in [0.2, 0.25) is 0 Å². The lowest BCUT2D eigenvalue weighted by Crippen LogP contribution is -2.13. The summed E-state index contributed by atoms with van der Waals surface area (Å²) in [5.41, 5.74) is 0.546. The zero-order valence-corrected chi connectivity index (χ0v) is 10.5. The molecule has 0 saturated carbocycles. The molecule has 0 aliphatic heterocycles. The van der Waals surface area contributed by atoms with E-state index in [-0.39, 0.29) is 0 Å². The largest absolute Gasteiger partial charge is 0.496 e. The van der Waals surface area contributed by atoms with Gasteiger partial charge in [0.2, 0.25) is 0 Å². The predicted molar refractivity (Wildman–Crippen MR) is 62.5 cm³/mol. The Morgan fingerprint density at radius 3 is 2.31 bits per heavy atom. The van der Waals surface area contributed by atoms with Crippen LogP contribution in [-0.4, -0.2) is 12.2 Å². The first kappa shape index (κ1) is 13.0. The van der Waals surface area contributed by atoms with Gasteiger partial charge in [-0.05, 0) is 33.3 Å². The van der Waals surface area contributed by atoms with Crippen molar-refractivity contribution in [1.82, 2.24) is 0 Å². The molecular weight excluding hydrogens is 207 g/mol. The van der Waals surface area contributed by atoms with Gasteiger partial charge in [-0.1, -0.05) is 12.1 Å². The minimum Gasteiger partial charge on any atom is -0.496 e. The van der Waals surface area contributed by atoms with E-state index >= 15 is 0 Å². The van der Waals surface area contributed by atoms with Crippen molar-refractivity contribution in [3.63, 3.8) is 0 Å². The summed E-state index contributed by atoms with van der Waals surface area (Å²) < 4.78 is 19.2. The number of rotatable bonds is 3. The third kappa shape index (κ3) is 2.35. The molecule has 1 aromatic rings. The van der Waals surface area contributed by atoms with Gasteiger partial charge in [0, 0.05) is 11.1 Å². The SMILES string of the molecule is COc1c(C(C)(C)F)ccc(C)c1C(C)O. The smallest absolute Gasteiger partial charge is 0.134 e. The number of aryl methyl sites for hydroxylation is 1. The number of ether oxygens (including phenoxy) is 1. The fourth-order valence-corrected chi connectivity index (χ4v) is 1.91. The Balaban J connectivity index is 3.49. The van der Waals surface area contributed by atoms with Crippen molar-refractivity contribution in [2.45, 2.75) is 39.5 Å². The van der Waals surface area contributed by atoms with Crippen LogP contribution in [0.5, 0.6) is 5.75 Å². The molecule has 3 heteroatoms. The van der Waals surface area contributed by atoms with Gasteiger partial charge in [0.05, 0.1) is 13.2 Å². The number of aliphatic hydroxyl groups excluding tert-OH is 1. The van der Waals surface area contributed by atoms with Crippen molar-refractivity contribution in [2.24, 2.45) is 0 Å². The first-order valence-corrected chi connectivity index (χ1v) is 5.34. The minimum atomic E-state index is -1.48. The standard InChI is InChI=1S/C13H19FO2/c1-8-6-7-10(13(3,4)14)12(16-5)11(8)9(2)15/h6-7,9,15H,1-5H3. The molecule has 0 spiro atoms. The molecule has 16 heavy (non-hydrogen) atoms. The van der Waals surface area contributed by atoms with E-state index in [1.807, 2.05) is 6.92 Å². The molecule has 90 valence electrons. The zero-order chi connectivity index (χ0) is 12.5. The van der Waals surface area contributed by atoms with E-state index in [1.54, 1.807) is 19.1 Å². The van der Waals surface area contributed by atoms with Gasteiger partial charge in [-0.25, -0.2) is 4.39 Å². The average molecular weight is 226 g/mol. The van der Waals surface area contributed by atoms with Gasteiger partial charge >= 0.3 is 0 Å². The lowest BCUT2D eigenvalue weighted by molar-refractivity contribution is 0.187. The fraction of sp³-hybridized carbons (Fsp3) is 0.538. The van der Waals surface area contributed by atoms with E-state index in [4.69, 9.17) is 4.74 Å². The van der Waals surface area contributed by atoms with Gasteiger partial charge in [0.15, 0.2) is 0 Å². The maximum Gasteiger partial charge on any atom is 0.134 e. The second-order valence-electron chi connectivity index (χ2n) is 4.53. The average Bonchev–Trinajstić information content (AvgIpc) is 2.14. The van der Waals surface area contributed by atoms with Crippen LogP contribution in [0.15, 0.2) is 12.1 Å². The first-order valence-electron chi connectivity index (χ1n) is 5.34. The maximum atomic E-state index is 14.0. The molecule has 0 fully saturated rings. The Bertz CT molecular complexity index is 378. The maximum absolute atomic E-state index is 14.0. The quantitative estimate of drug-likeness (QED) is 0.857. The Kier molecular flexibility index (Phi) is 3.58. The zero-order valence-electron chi connectivity index (χ0n) is 10.5. The Hall–Kier alpha value is -1.09. The molecule has 0 aromatic heterocycles. The van der Waals surface area contributed by atoms with Crippen LogP contribution in [0.1, 0.15) is 43.6 Å². The van der Waals surface area contributed by atoms with Gasteiger partial charge in [-0.3, -0.25) is 0 Å². The second-order valence-corrected chi connectivity index (χ2v) is 4.53. The van der Waals surface area contributed by atoms with Crippen LogP contribution in [0.3, 0.4) is 0 Å². The van der Waals surface area contributed by atoms with Gasteiger partial charge < -0.3 is 9.84 Å². The van der Waals surface area contributed by atoms with Crippen molar-refractivity contribution in [1.29, 1.82) is 0 Å². The molecule has 0 heterocycles. The number of hydrogen-bond acceptors (Lipinski definition) is 2. The van der Waals surface area contributed by atoms with E-state index in [9.17, 15) is 9.50 Å². The van der Waals surface area contributed by atoms with Gasteiger partial charge in [-0.15, -0.1) is 0 Å². The van der Waals surface area contributed by atoms with E-state index in [0.717, 1.165) is 5.56 Å². The number of aliphatic hydroxyl groups is 1. The predicted octanol–water partition coefficient (Wildman–Crippen LogP) is 3.26. The number of benzene rings is 1. The third-order valence-corrected chi connectivity index (χ3v) is 2.68. The van der Waals surface area contributed by atoms with Crippen molar-refractivity contribution >= 4 is 0 Å². The number of methoxy groups -OCH3 is 1. The van der Waals surface area contributed by atoms with Gasteiger partial charge in [-0.2, -0.15) is 0 Å². The fourth-order valence-electron chi connectivity index (χ4n) is 1.91. The second kappa shape index (κ2) is 4.42. The number of hydrogen-bond donors (Lipinski definition) is 1. The van der Waals surface area contributed by atoms with Crippen molar-refractivity contribution in [3.05, 3.63) is 28.8 Å². The van der Waals surface area contributed by atoms with Crippen molar-refractivity contribution < 1.29 is 14.2 Å². The lowest BCUT2D eigenvalue weighted by atomic mass is 9.92. The van der Waals surface area contributed by atoms with Crippen LogP contribution < -0.4 is 4.74 Å². The highest BCUT2D eigenvalue weighted by Crippen LogP contribution is 2.39. The van der Waals surface area contributed by atoms with E-state index in [2.05, 4.69) is 0 Å². The molecule has 1 aromatic carbocycles. The summed E-state index contributed by atoms with van der Waals surface area (Å²) in [5, 5.41) is 9.70. The molecule has 1 unspecified atom stereocenters. The Morgan fingerprint density at radius 1 is 1.38 bits per heavy atom. The summed E-state index contributed by atoms with van der Waals surface area (Å²) >= 11 is 0. The summed E-state index contributed by atoms with van der Waals surface area (Å²) in [6, 6.07) is 3.52. The number of halogens is 1. The van der Waals surface area contributed by atoms with E-state index < -0.39 is 11.8 Å². The summed E-state index contributed by atoms with van der Waals surface area (Å²) in [6.45, 7) is 6.48. The molecule has 0 amide bonds. The molecule has 0 bridgehead atoms. The Labute approximate surface area is 96.1 Å². The first-order chi connectivity index (χ1) is 7.29. The summed E-state index contributed by atoms with van der Waals surface area (Å²) in [5.74, 6) is 0.447. The molecule has 0 aliphatic rings. The molecule has 0 saturated heterocycles. The molecule has 2 nitrogen and oxygen atoms in total. The van der Waals surface area contributed by atoms with Crippen LogP contribution >= 0.6 is 0 Å². The van der Waals surface area contributed by atoms with Crippen LogP contribution in [0.4, 0.5) is 4.39 Å². The van der Waals surface area contributed by atoms with E-state index in [1.165, 1.54) is 21.0 Å². The van der Waals surface area contributed by atoms with Gasteiger partial charge in [0.1, 0.15) is 11.4 Å². The molecule has 1 rings (SSSR count). The molecule has 0 aliphatic carbocycles. The highest BCUT2D eigenvalue weighted by atomic mass is 19.1. The summed E-state index contributed by atoms with van der Waals surface area (Å²) in [4.78, 5) is 0. The van der Waals surface area contributed by atoms with Crippen LogP contribution in [0, 0.1) is 6.92 Å². The summed E-state index contributed by atoms with van der Waals surface area (Å²) in [7, 11) is 1.50. The van der Waals surface area contributed by atoms with Crippen LogP contribution in [0.25, 0.3) is 0 Å². The molecule has 1 N–H and O–H groups in total. The third-order valence-electron chi connectivity index (χ3n) is 2.68. The number of alkyl halides is 1. The highest BCUT2D eigenvalue weighted by molar-refractivity contribution is 5.49. The van der Waals surface area contributed by atoms with Gasteiger partial charge in [0.25, 0.3) is 0 Å². The van der Waals surface area contributed by atoms with Crippen molar-refractivity contribution in [3.8, 4) is 5.75 Å². The topological polar surface area (TPSA) is 29.5 Å². The van der Waals surface area contributed by atoms with Crippen molar-refractivity contribution in [2.75, 3.05) is 7.11 Å². The van der Waals surface area contributed by atoms with Crippen LogP contribution in [-0.2, 0) is 5.67 Å². The lowest BCUT2D eigenvalue weighted by Gasteiger charge is -2.23. The normalized spacial score (nSPS) is 13.7. The molecule has 0 radical (unpaired) electrons. The monoisotopic (exact) mass is 226 g/mol. The molecule has 1 atom stereocenters.